The predicted octanol–water partition coefficient (Wildman–Crippen LogP) is 4.91. The third kappa shape index (κ3) is 3.98. The third-order valence-corrected chi connectivity index (χ3v) is 3.15. The maximum absolute atomic E-state index is 5.90. The van der Waals surface area contributed by atoms with Crippen molar-refractivity contribution in [1.82, 2.24) is 0 Å². The Hall–Kier alpha value is -1.10. The Morgan fingerprint density at radius 3 is 2.33 bits per heavy atom. The smallest absolute Gasteiger partial charge is 0.175 e. The summed E-state index contributed by atoms with van der Waals surface area (Å²) in [5.41, 5.74) is 1.79. The van der Waals surface area contributed by atoms with Crippen molar-refractivity contribution in [2.75, 3.05) is 10.6 Å². The molecular weight excluding hydrogens is 332 g/mol. The normalized spacial score (nSPS) is 9.89. The number of anilines is 2. The molecule has 0 saturated heterocycles. The Bertz CT molecular complexity index is 557. The molecule has 2 N–H and O–H groups in total. The lowest BCUT2D eigenvalue weighted by Gasteiger charge is -2.10. The van der Waals surface area contributed by atoms with Crippen molar-refractivity contribution >= 4 is 56.2 Å². The van der Waals surface area contributed by atoms with E-state index in [9.17, 15) is 0 Å². The Balaban J connectivity index is 1.98. The minimum absolute atomic E-state index is 0.527. The molecule has 0 amide bonds. The molecule has 0 fully saturated rings. The van der Waals surface area contributed by atoms with Crippen LogP contribution in [0.1, 0.15) is 0 Å². The largest absolute Gasteiger partial charge is 0.332 e. The molecule has 5 heteroatoms. The van der Waals surface area contributed by atoms with Crippen LogP contribution in [0.5, 0.6) is 0 Å². The molecular formula is C13H10BrClN2S. The molecule has 0 radical (unpaired) electrons. The number of hydrogen-bond acceptors (Lipinski definition) is 1. The van der Waals surface area contributed by atoms with Gasteiger partial charge in [0.15, 0.2) is 5.11 Å². The Labute approximate surface area is 124 Å². The fourth-order valence-corrected chi connectivity index (χ4v) is 2.08. The highest BCUT2D eigenvalue weighted by atomic mass is 79.9. The van der Waals surface area contributed by atoms with Gasteiger partial charge in [-0.15, -0.1) is 0 Å². The fraction of sp³-hybridized carbons (Fsp3) is 0. The van der Waals surface area contributed by atoms with Gasteiger partial charge in [0.1, 0.15) is 0 Å². The van der Waals surface area contributed by atoms with Gasteiger partial charge in [0.25, 0.3) is 0 Å². The van der Waals surface area contributed by atoms with Gasteiger partial charge in [-0.2, -0.15) is 0 Å². The van der Waals surface area contributed by atoms with Crippen LogP contribution >= 0.6 is 39.7 Å². The van der Waals surface area contributed by atoms with E-state index in [1.54, 1.807) is 0 Å². The van der Waals surface area contributed by atoms with Gasteiger partial charge in [-0.05, 0) is 54.7 Å². The summed E-state index contributed by atoms with van der Waals surface area (Å²) < 4.78 is 1.03. The lowest BCUT2D eigenvalue weighted by atomic mass is 10.3. The highest BCUT2D eigenvalue weighted by molar-refractivity contribution is 9.10. The average Bonchev–Trinajstić information content (AvgIpc) is 2.32. The molecule has 0 saturated carbocycles. The maximum Gasteiger partial charge on any atom is 0.175 e. The van der Waals surface area contributed by atoms with Crippen molar-refractivity contribution in [2.45, 2.75) is 0 Å². The summed E-state index contributed by atoms with van der Waals surface area (Å²) in [6, 6.07) is 15.2. The van der Waals surface area contributed by atoms with Crippen molar-refractivity contribution in [3.63, 3.8) is 0 Å². The summed E-state index contributed by atoms with van der Waals surface area (Å²) >= 11 is 14.5. The van der Waals surface area contributed by atoms with E-state index >= 15 is 0 Å². The van der Waals surface area contributed by atoms with E-state index in [0.717, 1.165) is 15.8 Å². The van der Waals surface area contributed by atoms with Crippen molar-refractivity contribution in [1.29, 1.82) is 0 Å². The molecule has 0 aliphatic heterocycles. The molecule has 0 bridgehead atoms. The molecule has 0 spiro atoms. The zero-order chi connectivity index (χ0) is 13.0. The van der Waals surface area contributed by atoms with E-state index in [-0.39, 0.29) is 0 Å². The van der Waals surface area contributed by atoms with Crippen LogP contribution in [0.2, 0.25) is 5.02 Å². The van der Waals surface area contributed by atoms with Gasteiger partial charge in [-0.3, -0.25) is 0 Å². The predicted molar refractivity (Wildman–Crippen MR) is 85.4 cm³/mol. The molecule has 2 aromatic rings. The second kappa shape index (κ2) is 6.18. The minimum atomic E-state index is 0.527. The van der Waals surface area contributed by atoms with Gasteiger partial charge < -0.3 is 10.6 Å². The molecule has 0 aliphatic carbocycles. The van der Waals surface area contributed by atoms with Crippen molar-refractivity contribution in [2.24, 2.45) is 0 Å². The fourth-order valence-electron chi connectivity index (χ4n) is 1.39. The molecule has 92 valence electrons. The van der Waals surface area contributed by atoms with E-state index in [0.29, 0.717) is 10.1 Å². The number of nitrogens with one attached hydrogen (secondary N) is 2. The van der Waals surface area contributed by atoms with Gasteiger partial charge >= 0.3 is 0 Å². The SMILES string of the molecule is S=C(Nc1ccc(Br)cc1)Nc1cccc(Cl)c1. The van der Waals surface area contributed by atoms with Crippen LogP contribution in [-0.4, -0.2) is 5.11 Å². The van der Waals surface area contributed by atoms with E-state index in [1.165, 1.54) is 0 Å². The molecule has 2 aromatic carbocycles. The average molecular weight is 342 g/mol. The van der Waals surface area contributed by atoms with Gasteiger partial charge in [0.2, 0.25) is 0 Å². The first-order valence-electron chi connectivity index (χ1n) is 5.22. The van der Waals surface area contributed by atoms with Crippen LogP contribution in [0.15, 0.2) is 53.0 Å². The number of halogens is 2. The number of thiocarbonyl (C=S) groups is 1. The standard InChI is InChI=1S/C13H10BrClN2S/c14-9-4-6-11(7-5-9)16-13(18)17-12-3-1-2-10(15)8-12/h1-8H,(H2,16,17,18). The first-order valence-corrected chi connectivity index (χ1v) is 6.80. The van der Waals surface area contributed by atoms with Crippen LogP contribution in [-0.2, 0) is 0 Å². The van der Waals surface area contributed by atoms with Crippen molar-refractivity contribution < 1.29 is 0 Å². The lowest BCUT2D eigenvalue weighted by Crippen LogP contribution is -2.18. The Morgan fingerprint density at radius 1 is 1.00 bits per heavy atom. The molecule has 0 aliphatic rings. The summed E-state index contributed by atoms with van der Waals surface area (Å²) in [5.74, 6) is 0. The number of rotatable bonds is 2. The molecule has 0 unspecified atom stereocenters. The summed E-state index contributed by atoms with van der Waals surface area (Å²) in [5, 5.41) is 7.36. The van der Waals surface area contributed by atoms with Gasteiger partial charge in [0.05, 0.1) is 0 Å². The third-order valence-electron chi connectivity index (χ3n) is 2.18. The number of benzene rings is 2. The number of hydrogen-bond donors (Lipinski definition) is 2. The van der Waals surface area contributed by atoms with Crippen molar-refractivity contribution in [3.8, 4) is 0 Å². The summed E-state index contributed by atoms with van der Waals surface area (Å²) in [6.45, 7) is 0. The highest BCUT2D eigenvalue weighted by Gasteiger charge is 1.99. The van der Waals surface area contributed by atoms with E-state index in [4.69, 9.17) is 23.8 Å². The monoisotopic (exact) mass is 340 g/mol. The van der Waals surface area contributed by atoms with Gasteiger partial charge in [0, 0.05) is 20.9 Å². The molecule has 0 heterocycles. The zero-order valence-corrected chi connectivity index (χ0v) is 12.4. The topological polar surface area (TPSA) is 24.1 Å². The van der Waals surface area contributed by atoms with Crippen LogP contribution in [0.4, 0.5) is 11.4 Å². The Morgan fingerprint density at radius 2 is 1.67 bits per heavy atom. The first-order chi connectivity index (χ1) is 8.63. The van der Waals surface area contributed by atoms with Crippen LogP contribution in [0.3, 0.4) is 0 Å². The molecule has 2 nitrogen and oxygen atoms in total. The van der Waals surface area contributed by atoms with Crippen LogP contribution < -0.4 is 10.6 Å². The molecule has 0 aromatic heterocycles. The summed E-state index contributed by atoms with van der Waals surface area (Å²) in [7, 11) is 0. The second-order valence-corrected chi connectivity index (χ2v) is 5.36. The van der Waals surface area contributed by atoms with Crippen LogP contribution in [0.25, 0.3) is 0 Å². The highest BCUT2D eigenvalue weighted by Crippen LogP contribution is 2.17. The minimum Gasteiger partial charge on any atom is -0.332 e. The molecule has 2 rings (SSSR count). The lowest BCUT2D eigenvalue weighted by molar-refractivity contribution is 1.58. The second-order valence-electron chi connectivity index (χ2n) is 3.60. The summed E-state index contributed by atoms with van der Waals surface area (Å²) in [4.78, 5) is 0. The van der Waals surface area contributed by atoms with Gasteiger partial charge in [-0.25, -0.2) is 0 Å². The van der Waals surface area contributed by atoms with E-state index in [1.807, 2.05) is 48.5 Å². The Kier molecular flexibility index (Phi) is 4.58. The van der Waals surface area contributed by atoms with Crippen molar-refractivity contribution in [3.05, 3.63) is 58.0 Å². The molecule has 18 heavy (non-hydrogen) atoms. The molecule has 0 atom stereocenters. The van der Waals surface area contributed by atoms with E-state index in [2.05, 4.69) is 26.6 Å². The quantitative estimate of drug-likeness (QED) is 0.759. The maximum atomic E-state index is 5.90. The van der Waals surface area contributed by atoms with Crippen LogP contribution in [0, 0.1) is 0 Å². The van der Waals surface area contributed by atoms with Gasteiger partial charge in [-0.1, -0.05) is 33.6 Å². The van der Waals surface area contributed by atoms with E-state index < -0.39 is 0 Å². The zero-order valence-electron chi connectivity index (χ0n) is 9.28. The summed E-state index contributed by atoms with van der Waals surface area (Å²) in [6.07, 6.45) is 0. The first kappa shape index (κ1) is 13.3.